The van der Waals surface area contributed by atoms with Crippen LogP contribution in [0.2, 0.25) is 0 Å². The van der Waals surface area contributed by atoms with E-state index in [9.17, 15) is 4.79 Å². The summed E-state index contributed by atoms with van der Waals surface area (Å²) in [6, 6.07) is 1.46. The first kappa shape index (κ1) is 11.4. The van der Waals surface area contributed by atoms with Crippen LogP contribution in [0.25, 0.3) is 22.8 Å². The Labute approximate surface area is 108 Å². The molecule has 0 aliphatic heterocycles. The van der Waals surface area contributed by atoms with E-state index in [0.29, 0.717) is 11.5 Å². The first-order chi connectivity index (χ1) is 9.13. The highest BCUT2D eigenvalue weighted by Gasteiger charge is 2.09. The summed E-state index contributed by atoms with van der Waals surface area (Å²) < 4.78 is 3.47. The van der Waals surface area contributed by atoms with Gasteiger partial charge in [-0.3, -0.25) is 9.48 Å². The smallest absolute Gasteiger partial charge is 0.251 e. The van der Waals surface area contributed by atoms with Crippen molar-refractivity contribution in [1.29, 1.82) is 0 Å². The van der Waals surface area contributed by atoms with Gasteiger partial charge in [0, 0.05) is 31.9 Å². The average molecular weight is 256 g/mol. The summed E-state index contributed by atoms with van der Waals surface area (Å²) in [4.78, 5) is 22.9. The molecule has 0 bridgehead atoms. The zero-order valence-corrected chi connectivity index (χ0v) is 10.5. The third-order valence-electron chi connectivity index (χ3n) is 2.80. The minimum atomic E-state index is -0.204. The molecule has 0 aromatic carbocycles. The first-order valence-electron chi connectivity index (χ1n) is 5.70. The monoisotopic (exact) mass is 256 g/mol. The Morgan fingerprint density at radius 1 is 1.26 bits per heavy atom. The molecule has 0 unspecified atom stereocenters. The van der Waals surface area contributed by atoms with Crippen molar-refractivity contribution in [3.63, 3.8) is 0 Å². The van der Waals surface area contributed by atoms with Crippen molar-refractivity contribution in [2.45, 2.75) is 0 Å². The fourth-order valence-corrected chi connectivity index (χ4v) is 1.87. The maximum Gasteiger partial charge on any atom is 0.251 e. The molecule has 96 valence electrons. The molecule has 0 spiro atoms. The van der Waals surface area contributed by atoms with Gasteiger partial charge in [-0.15, -0.1) is 0 Å². The van der Waals surface area contributed by atoms with Gasteiger partial charge in [-0.05, 0) is 0 Å². The number of aromatic amines is 1. The van der Waals surface area contributed by atoms with Crippen LogP contribution in [-0.4, -0.2) is 29.3 Å². The van der Waals surface area contributed by atoms with E-state index in [0.717, 1.165) is 11.3 Å². The van der Waals surface area contributed by atoms with Crippen LogP contribution in [0.3, 0.4) is 0 Å². The van der Waals surface area contributed by atoms with E-state index in [1.54, 1.807) is 28.0 Å². The van der Waals surface area contributed by atoms with Crippen LogP contribution in [0.1, 0.15) is 0 Å². The van der Waals surface area contributed by atoms with E-state index >= 15 is 0 Å². The summed E-state index contributed by atoms with van der Waals surface area (Å²) in [5, 5.41) is 4.08. The summed E-state index contributed by atoms with van der Waals surface area (Å²) in [6.07, 6.45) is 6.81. The molecule has 0 amide bonds. The molecule has 0 saturated carbocycles. The number of aromatic nitrogens is 6. The molecule has 3 aromatic heterocycles. The van der Waals surface area contributed by atoms with Crippen molar-refractivity contribution in [3.8, 4) is 22.8 Å². The number of imidazole rings is 1. The summed E-state index contributed by atoms with van der Waals surface area (Å²) in [7, 11) is 3.66. The SMILES string of the molecule is Cn1cc(-c2cc(=O)[nH]c(-c3cncn3C)n2)cn1. The fraction of sp³-hybridized carbons (Fsp3) is 0.167. The second kappa shape index (κ2) is 4.20. The fourth-order valence-electron chi connectivity index (χ4n) is 1.87. The average Bonchev–Trinajstić information content (AvgIpc) is 2.97. The predicted molar refractivity (Wildman–Crippen MR) is 69.3 cm³/mol. The highest BCUT2D eigenvalue weighted by molar-refractivity contribution is 5.60. The lowest BCUT2D eigenvalue weighted by atomic mass is 10.2. The molecule has 0 radical (unpaired) electrons. The maximum atomic E-state index is 11.7. The quantitative estimate of drug-likeness (QED) is 0.726. The maximum absolute atomic E-state index is 11.7. The molecule has 7 nitrogen and oxygen atoms in total. The lowest BCUT2D eigenvalue weighted by molar-refractivity contribution is 0.768. The van der Waals surface area contributed by atoms with Crippen LogP contribution in [-0.2, 0) is 14.1 Å². The lowest BCUT2D eigenvalue weighted by Crippen LogP contribution is -2.09. The molecule has 0 aliphatic carbocycles. The van der Waals surface area contributed by atoms with Crippen molar-refractivity contribution >= 4 is 0 Å². The van der Waals surface area contributed by atoms with Crippen molar-refractivity contribution < 1.29 is 0 Å². The molecule has 0 fully saturated rings. The molecule has 1 N–H and O–H groups in total. The number of hydrogen-bond donors (Lipinski definition) is 1. The van der Waals surface area contributed by atoms with E-state index in [1.807, 2.05) is 20.3 Å². The minimum Gasteiger partial charge on any atom is -0.331 e. The Morgan fingerprint density at radius 2 is 2.11 bits per heavy atom. The number of aryl methyl sites for hydroxylation is 2. The highest BCUT2D eigenvalue weighted by Crippen LogP contribution is 2.17. The van der Waals surface area contributed by atoms with Crippen LogP contribution >= 0.6 is 0 Å². The molecular weight excluding hydrogens is 244 g/mol. The van der Waals surface area contributed by atoms with Gasteiger partial charge in [0.2, 0.25) is 0 Å². The summed E-state index contributed by atoms with van der Waals surface area (Å²) >= 11 is 0. The van der Waals surface area contributed by atoms with Gasteiger partial charge in [0.15, 0.2) is 5.82 Å². The molecule has 19 heavy (non-hydrogen) atoms. The van der Waals surface area contributed by atoms with Gasteiger partial charge in [0.25, 0.3) is 5.56 Å². The van der Waals surface area contributed by atoms with Gasteiger partial charge in [0.1, 0.15) is 5.69 Å². The second-order valence-corrected chi connectivity index (χ2v) is 4.27. The van der Waals surface area contributed by atoms with Gasteiger partial charge in [-0.25, -0.2) is 9.97 Å². The van der Waals surface area contributed by atoms with E-state index in [4.69, 9.17) is 0 Å². The van der Waals surface area contributed by atoms with Crippen LogP contribution < -0.4 is 5.56 Å². The van der Waals surface area contributed by atoms with Gasteiger partial charge in [0.05, 0.1) is 24.4 Å². The van der Waals surface area contributed by atoms with Gasteiger partial charge in [-0.1, -0.05) is 0 Å². The van der Waals surface area contributed by atoms with Gasteiger partial charge < -0.3 is 9.55 Å². The Kier molecular flexibility index (Phi) is 2.52. The van der Waals surface area contributed by atoms with Crippen LogP contribution in [0.15, 0.2) is 35.8 Å². The molecule has 3 aromatic rings. The topological polar surface area (TPSA) is 81.4 Å². The Hall–Kier alpha value is -2.70. The van der Waals surface area contributed by atoms with Gasteiger partial charge >= 0.3 is 0 Å². The minimum absolute atomic E-state index is 0.204. The zero-order chi connectivity index (χ0) is 13.4. The summed E-state index contributed by atoms with van der Waals surface area (Å²) in [6.45, 7) is 0. The molecule has 7 heteroatoms. The lowest BCUT2D eigenvalue weighted by Gasteiger charge is -2.03. The summed E-state index contributed by atoms with van der Waals surface area (Å²) in [5.41, 5.74) is 1.94. The molecular formula is C12H12N6O. The molecule has 0 atom stereocenters. The van der Waals surface area contributed by atoms with E-state index in [2.05, 4.69) is 20.1 Å². The molecule has 0 saturated heterocycles. The molecule has 3 rings (SSSR count). The largest absolute Gasteiger partial charge is 0.331 e. The van der Waals surface area contributed by atoms with Crippen LogP contribution in [0, 0.1) is 0 Å². The molecule has 0 aliphatic rings. The second-order valence-electron chi connectivity index (χ2n) is 4.27. The standard InChI is InChI=1S/C12H12N6O/c1-17-7-13-5-10(17)12-15-9(3-11(19)16-12)8-4-14-18(2)6-8/h3-7H,1-2H3,(H,15,16,19). The normalized spacial score (nSPS) is 10.8. The number of rotatable bonds is 2. The Balaban J connectivity index is 2.16. The van der Waals surface area contributed by atoms with Crippen molar-refractivity contribution in [1.82, 2.24) is 29.3 Å². The summed E-state index contributed by atoms with van der Waals surface area (Å²) in [5.74, 6) is 0.492. The van der Waals surface area contributed by atoms with Crippen molar-refractivity contribution in [3.05, 3.63) is 41.3 Å². The number of H-pyrrole nitrogens is 1. The van der Waals surface area contributed by atoms with E-state index in [-0.39, 0.29) is 5.56 Å². The third-order valence-corrected chi connectivity index (χ3v) is 2.80. The van der Waals surface area contributed by atoms with E-state index in [1.165, 1.54) is 6.07 Å². The number of nitrogens with zero attached hydrogens (tertiary/aromatic N) is 5. The predicted octanol–water partition coefficient (Wildman–Crippen LogP) is 0.571. The van der Waals surface area contributed by atoms with Crippen molar-refractivity contribution in [2.24, 2.45) is 14.1 Å². The zero-order valence-electron chi connectivity index (χ0n) is 10.5. The van der Waals surface area contributed by atoms with E-state index < -0.39 is 0 Å². The number of hydrogen-bond acceptors (Lipinski definition) is 4. The van der Waals surface area contributed by atoms with Crippen molar-refractivity contribution in [2.75, 3.05) is 0 Å². The Bertz CT molecular complexity index is 781. The van der Waals surface area contributed by atoms with Crippen LogP contribution in [0.5, 0.6) is 0 Å². The third kappa shape index (κ3) is 2.05. The molecule has 3 heterocycles. The first-order valence-corrected chi connectivity index (χ1v) is 5.70. The van der Waals surface area contributed by atoms with Crippen LogP contribution in [0.4, 0.5) is 0 Å². The number of nitrogens with one attached hydrogen (secondary N) is 1. The Morgan fingerprint density at radius 3 is 2.74 bits per heavy atom. The highest BCUT2D eigenvalue weighted by atomic mass is 16.1. The van der Waals surface area contributed by atoms with Gasteiger partial charge in [-0.2, -0.15) is 5.10 Å².